The summed E-state index contributed by atoms with van der Waals surface area (Å²) in [6.45, 7) is 3.32. The van der Waals surface area contributed by atoms with Crippen molar-refractivity contribution in [2.24, 2.45) is 0 Å². The quantitative estimate of drug-likeness (QED) is 0.635. The van der Waals surface area contributed by atoms with Crippen molar-refractivity contribution in [2.75, 3.05) is 26.1 Å². The molecule has 2 N–H and O–H groups in total. The van der Waals surface area contributed by atoms with Gasteiger partial charge in [0.2, 0.25) is 0 Å². The fraction of sp³-hybridized carbons (Fsp3) is 0.421. The number of anilines is 1. The molecule has 1 heterocycles. The maximum atomic E-state index is 12.1. The smallest absolute Gasteiger partial charge is 0.270 e. The van der Waals surface area contributed by atoms with Crippen molar-refractivity contribution in [2.45, 2.75) is 32.7 Å². The Bertz CT molecular complexity index is 722. The molecule has 1 amide bonds. The SMILES string of the molecule is CCCCCNC(=O)c1cc(NCc2ccc(OC)c(OC)c2)ncn1. The first-order valence-corrected chi connectivity index (χ1v) is 8.73. The number of ether oxygens (including phenoxy) is 2. The highest BCUT2D eigenvalue weighted by Gasteiger charge is 2.09. The van der Waals surface area contributed by atoms with E-state index in [1.165, 1.54) is 6.33 Å². The van der Waals surface area contributed by atoms with Gasteiger partial charge in [-0.25, -0.2) is 9.97 Å². The Morgan fingerprint density at radius 1 is 1.08 bits per heavy atom. The summed E-state index contributed by atoms with van der Waals surface area (Å²) >= 11 is 0. The van der Waals surface area contributed by atoms with Crippen LogP contribution in [0, 0.1) is 0 Å². The molecule has 7 nitrogen and oxygen atoms in total. The van der Waals surface area contributed by atoms with Crippen LogP contribution in [0.3, 0.4) is 0 Å². The summed E-state index contributed by atoms with van der Waals surface area (Å²) < 4.78 is 10.5. The Hall–Kier alpha value is -2.83. The van der Waals surface area contributed by atoms with Gasteiger partial charge in [0.05, 0.1) is 14.2 Å². The van der Waals surface area contributed by atoms with Crippen molar-refractivity contribution < 1.29 is 14.3 Å². The van der Waals surface area contributed by atoms with E-state index in [0.717, 1.165) is 24.8 Å². The molecule has 26 heavy (non-hydrogen) atoms. The first-order valence-electron chi connectivity index (χ1n) is 8.73. The third kappa shape index (κ3) is 5.61. The van der Waals surface area contributed by atoms with Crippen molar-refractivity contribution in [1.82, 2.24) is 15.3 Å². The van der Waals surface area contributed by atoms with Crippen LogP contribution in [-0.2, 0) is 6.54 Å². The molecule has 1 aromatic carbocycles. The van der Waals surface area contributed by atoms with Gasteiger partial charge in [0.1, 0.15) is 17.8 Å². The van der Waals surface area contributed by atoms with Crippen molar-refractivity contribution in [3.8, 4) is 11.5 Å². The molecule has 2 rings (SSSR count). The first kappa shape index (κ1) is 19.5. The van der Waals surface area contributed by atoms with Crippen LogP contribution in [0.1, 0.15) is 42.2 Å². The zero-order valence-electron chi connectivity index (χ0n) is 15.5. The zero-order valence-corrected chi connectivity index (χ0v) is 15.5. The van der Waals surface area contributed by atoms with Crippen LogP contribution in [0.5, 0.6) is 11.5 Å². The molecule has 7 heteroatoms. The van der Waals surface area contributed by atoms with Crippen LogP contribution in [0.4, 0.5) is 5.82 Å². The molecular formula is C19H26N4O3. The lowest BCUT2D eigenvalue weighted by atomic mass is 10.2. The minimum atomic E-state index is -0.183. The molecule has 0 atom stereocenters. The highest BCUT2D eigenvalue weighted by atomic mass is 16.5. The van der Waals surface area contributed by atoms with E-state index in [-0.39, 0.29) is 5.91 Å². The van der Waals surface area contributed by atoms with Gasteiger partial charge < -0.3 is 20.1 Å². The number of methoxy groups -OCH3 is 2. The number of aromatic nitrogens is 2. The minimum absolute atomic E-state index is 0.183. The van der Waals surface area contributed by atoms with Gasteiger partial charge in [0, 0.05) is 19.2 Å². The molecule has 0 radical (unpaired) electrons. The number of carbonyl (C=O) groups is 1. The maximum Gasteiger partial charge on any atom is 0.270 e. The van der Waals surface area contributed by atoms with Gasteiger partial charge in [-0.1, -0.05) is 25.8 Å². The summed E-state index contributed by atoms with van der Waals surface area (Å²) in [5.74, 6) is 1.76. The molecule has 140 valence electrons. The summed E-state index contributed by atoms with van der Waals surface area (Å²) in [7, 11) is 3.20. The van der Waals surface area contributed by atoms with E-state index in [4.69, 9.17) is 9.47 Å². The Balaban J connectivity index is 1.95. The van der Waals surface area contributed by atoms with Gasteiger partial charge in [0.15, 0.2) is 11.5 Å². The number of nitrogens with zero attached hydrogens (tertiary/aromatic N) is 2. The molecule has 2 aromatic rings. The van der Waals surface area contributed by atoms with Crippen LogP contribution < -0.4 is 20.1 Å². The Labute approximate surface area is 154 Å². The highest BCUT2D eigenvalue weighted by molar-refractivity contribution is 5.92. The van der Waals surface area contributed by atoms with Crippen molar-refractivity contribution >= 4 is 11.7 Å². The van der Waals surface area contributed by atoms with Gasteiger partial charge in [-0.15, -0.1) is 0 Å². The third-order valence-corrected chi connectivity index (χ3v) is 3.89. The third-order valence-electron chi connectivity index (χ3n) is 3.89. The fourth-order valence-corrected chi connectivity index (χ4v) is 2.43. The zero-order chi connectivity index (χ0) is 18.8. The molecular weight excluding hydrogens is 332 g/mol. The summed E-state index contributed by atoms with van der Waals surface area (Å²) in [6.07, 6.45) is 4.57. The Morgan fingerprint density at radius 2 is 1.88 bits per heavy atom. The van der Waals surface area contributed by atoms with Crippen LogP contribution >= 0.6 is 0 Å². The lowest BCUT2D eigenvalue weighted by molar-refractivity contribution is 0.0948. The molecule has 0 aliphatic rings. The molecule has 0 spiro atoms. The molecule has 1 aromatic heterocycles. The van der Waals surface area contributed by atoms with Gasteiger partial charge in [-0.2, -0.15) is 0 Å². The average Bonchev–Trinajstić information content (AvgIpc) is 2.69. The van der Waals surface area contributed by atoms with E-state index < -0.39 is 0 Å². The molecule has 0 bridgehead atoms. The molecule has 0 unspecified atom stereocenters. The average molecular weight is 358 g/mol. The Morgan fingerprint density at radius 3 is 2.62 bits per heavy atom. The van der Waals surface area contributed by atoms with Crippen LogP contribution in [0.15, 0.2) is 30.6 Å². The maximum absolute atomic E-state index is 12.1. The molecule has 0 saturated carbocycles. The topological polar surface area (TPSA) is 85.4 Å². The lowest BCUT2D eigenvalue weighted by Crippen LogP contribution is -2.25. The highest BCUT2D eigenvalue weighted by Crippen LogP contribution is 2.27. The van der Waals surface area contributed by atoms with Gasteiger partial charge in [-0.3, -0.25) is 4.79 Å². The second-order valence-electron chi connectivity index (χ2n) is 5.79. The van der Waals surface area contributed by atoms with Crippen molar-refractivity contribution in [3.63, 3.8) is 0 Å². The number of hydrogen-bond donors (Lipinski definition) is 2. The summed E-state index contributed by atoms with van der Waals surface area (Å²) in [5.41, 5.74) is 1.36. The fourth-order valence-electron chi connectivity index (χ4n) is 2.43. The standard InChI is InChI=1S/C19H26N4O3/c1-4-5-6-9-20-19(24)15-11-18(23-13-22-15)21-12-14-7-8-16(25-2)17(10-14)26-3/h7-8,10-11,13H,4-6,9,12H2,1-3H3,(H,20,24)(H,21,22,23). The van der Waals surface area contributed by atoms with Gasteiger partial charge >= 0.3 is 0 Å². The van der Waals surface area contributed by atoms with Crippen LogP contribution in [-0.4, -0.2) is 36.6 Å². The van der Waals surface area contributed by atoms with Crippen LogP contribution in [0.2, 0.25) is 0 Å². The first-order chi connectivity index (χ1) is 12.7. The number of benzene rings is 1. The summed E-state index contributed by atoms with van der Waals surface area (Å²) in [5, 5.41) is 6.07. The van der Waals surface area contributed by atoms with Crippen molar-refractivity contribution in [1.29, 1.82) is 0 Å². The molecule has 0 aliphatic carbocycles. The Kier molecular flexibility index (Phi) is 7.67. The lowest BCUT2D eigenvalue weighted by Gasteiger charge is -2.11. The largest absolute Gasteiger partial charge is 0.493 e. The predicted molar refractivity (Wildman–Crippen MR) is 101 cm³/mol. The van der Waals surface area contributed by atoms with E-state index in [1.807, 2.05) is 18.2 Å². The number of hydrogen-bond acceptors (Lipinski definition) is 6. The second-order valence-corrected chi connectivity index (χ2v) is 5.79. The van der Waals surface area contributed by atoms with Crippen LogP contribution in [0.25, 0.3) is 0 Å². The number of nitrogens with one attached hydrogen (secondary N) is 2. The minimum Gasteiger partial charge on any atom is -0.493 e. The predicted octanol–water partition coefficient (Wildman–Crippen LogP) is 3.03. The number of carbonyl (C=O) groups excluding carboxylic acids is 1. The normalized spacial score (nSPS) is 10.3. The van der Waals surface area contributed by atoms with E-state index in [9.17, 15) is 4.79 Å². The molecule has 0 saturated heterocycles. The summed E-state index contributed by atoms with van der Waals surface area (Å²) in [4.78, 5) is 20.3. The van der Waals surface area contributed by atoms with Gasteiger partial charge in [0.25, 0.3) is 5.91 Å². The number of rotatable bonds is 10. The monoisotopic (exact) mass is 358 g/mol. The van der Waals surface area contributed by atoms with E-state index in [1.54, 1.807) is 20.3 Å². The van der Waals surface area contributed by atoms with E-state index >= 15 is 0 Å². The van der Waals surface area contributed by atoms with Gasteiger partial charge in [-0.05, 0) is 24.1 Å². The number of amides is 1. The number of unbranched alkanes of at least 4 members (excludes halogenated alkanes) is 2. The summed E-state index contributed by atoms with van der Waals surface area (Å²) in [6, 6.07) is 7.34. The van der Waals surface area contributed by atoms with E-state index in [2.05, 4.69) is 27.5 Å². The molecule has 0 aliphatic heterocycles. The van der Waals surface area contributed by atoms with E-state index in [0.29, 0.717) is 36.1 Å². The molecule has 0 fully saturated rings. The second kappa shape index (κ2) is 10.2. The van der Waals surface area contributed by atoms with Crippen molar-refractivity contribution in [3.05, 3.63) is 41.9 Å².